The van der Waals surface area contributed by atoms with Gasteiger partial charge in [0.2, 0.25) is 5.79 Å². The number of aliphatic hydroxyl groups is 14. The number of esters is 1. The Morgan fingerprint density at radius 3 is 1.88 bits per heavy atom. The van der Waals surface area contributed by atoms with Crippen molar-refractivity contribution in [2.24, 2.45) is 39.9 Å². The van der Waals surface area contributed by atoms with Crippen LogP contribution < -0.4 is 0 Å². The highest BCUT2D eigenvalue weighted by atomic mass is 16.8. The number of hydrogen-bond donors (Lipinski definition) is 14. The first-order chi connectivity index (χ1) is 39.7. The molecule has 0 bridgehead atoms. The molecule has 7 saturated heterocycles. The molecule has 7 heterocycles. The van der Waals surface area contributed by atoms with Gasteiger partial charge in [-0.05, 0) is 81.5 Å². The van der Waals surface area contributed by atoms with Crippen molar-refractivity contribution in [3.63, 3.8) is 0 Å². The summed E-state index contributed by atoms with van der Waals surface area (Å²) in [6, 6.07) is 0. The van der Waals surface area contributed by atoms with Gasteiger partial charge in [-0.1, -0.05) is 45.8 Å². The molecule has 33 atom stereocenters. The van der Waals surface area contributed by atoms with Crippen LogP contribution in [-0.2, 0) is 61.6 Å². The molecule has 0 radical (unpaired) electrons. The summed E-state index contributed by atoms with van der Waals surface area (Å²) in [6.45, 7) is 9.23. The van der Waals surface area contributed by atoms with Crippen LogP contribution in [0.3, 0.4) is 0 Å². The molecular formula is C57H90O27. The van der Waals surface area contributed by atoms with Crippen LogP contribution in [0.25, 0.3) is 0 Å². The molecule has 2 spiro atoms. The predicted molar refractivity (Wildman–Crippen MR) is 278 cm³/mol. The van der Waals surface area contributed by atoms with E-state index < -0.39 is 191 Å². The van der Waals surface area contributed by atoms with Crippen molar-refractivity contribution in [1.29, 1.82) is 0 Å². The van der Waals surface area contributed by atoms with Crippen molar-refractivity contribution in [1.82, 2.24) is 0 Å². The van der Waals surface area contributed by atoms with Gasteiger partial charge in [-0.15, -0.1) is 0 Å². The fraction of sp³-hybridized carbons (Fsp3) is 0.947. The lowest BCUT2D eigenvalue weighted by molar-refractivity contribution is -0.404. The molecule has 11 aliphatic rings. The summed E-state index contributed by atoms with van der Waals surface area (Å²) < 4.78 is 73.4. The Labute approximate surface area is 486 Å². The maximum Gasteiger partial charge on any atom is 0.311 e. The third-order valence-corrected chi connectivity index (χ3v) is 22.0. The average Bonchev–Trinajstić information content (AvgIpc) is 1.45. The van der Waals surface area contributed by atoms with Crippen LogP contribution in [0.4, 0.5) is 0 Å². The predicted octanol–water partition coefficient (Wildman–Crippen LogP) is -3.44. The number of ether oxygens (including phenoxy) is 12. The summed E-state index contributed by atoms with van der Waals surface area (Å²) in [5.41, 5.74) is 1.11. The molecule has 7 aliphatic heterocycles. The lowest BCUT2D eigenvalue weighted by atomic mass is 9.45. The van der Waals surface area contributed by atoms with E-state index in [1.54, 1.807) is 0 Å². The summed E-state index contributed by atoms with van der Waals surface area (Å²) in [4.78, 5) is 12.7. The van der Waals surface area contributed by atoms with Crippen LogP contribution in [0.2, 0.25) is 0 Å². The Balaban J connectivity index is 0.790. The highest BCUT2D eigenvalue weighted by Gasteiger charge is 2.72. The lowest BCUT2D eigenvalue weighted by Gasteiger charge is -2.61. The smallest absolute Gasteiger partial charge is 0.311 e. The minimum Gasteiger partial charge on any atom is -0.433 e. The van der Waals surface area contributed by atoms with Crippen molar-refractivity contribution in [3.05, 3.63) is 11.1 Å². The van der Waals surface area contributed by atoms with Crippen LogP contribution >= 0.6 is 0 Å². The van der Waals surface area contributed by atoms with Crippen molar-refractivity contribution in [2.75, 3.05) is 33.0 Å². The van der Waals surface area contributed by atoms with Crippen LogP contribution in [0.15, 0.2) is 11.1 Å². The quantitative estimate of drug-likeness (QED) is 0.0630. The van der Waals surface area contributed by atoms with Crippen molar-refractivity contribution >= 4 is 5.97 Å². The molecule has 0 aromatic carbocycles. The molecule has 27 nitrogen and oxygen atoms in total. The summed E-state index contributed by atoms with van der Waals surface area (Å²) in [6.07, 6.45) is -33.3. The normalized spacial score (nSPS) is 55.9. The van der Waals surface area contributed by atoms with E-state index in [0.717, 1.165) is 38.5 Å². The number of fused-ring (bicyclic) bond motifs is 5. The van der Waals surface area contributed by atoms with E-state index in [4.69, 9.17) is 56.8 Å². The van der Waals surface area contributed by atoms with Gasteiger partial charge in [0.05, 0.1) is 56.8 Å². The maximum atomic E-state index is 12.7. The first kappa shape index (κ1) is 63.8. The van der Waals surface area contributed by atoms with Crippen LogP contribution in [0, 0.1) is 39.9 Å². The second-order valence-electron chi connectivity index (χ2n) is 26.9. The van der Waals surface area contributed by atoms with E-state index in [1.165, 1.54) is 18.1 Å². The van der Waals surface area contributed by atoms with E-state index in [9.17, 15) is 76.3 Å². The fourth-order valence-corrected chi connectivity index (χ4v) is 17.2. The molecular weight excluding hydrogens is 1120 g/mol. The summed E-state index contributed by atoms with van der Waals surface area (Å²) >= 11 is 0. The highest BCUT2D eigenvalue weighted by molar-refractivity contribution is 5.74. The molecule has 9 fully saturated rings. The van der Waals surface area contributed by atoms with E-state index in [-0.39, 0.29) is 47.1 Å². The minimum atomic E-state index is -1.97. The van der Waals surface area contributed by atoms with Crippen LogP contribution in [0.1, 0.15) is 106 Å². The molecule has 480 valence electrons. The Bertz CT molecular complexity index is 2370. The van der Waals surface area contributed by atoms with E-state index in [0.29, 0.717) is 25.7 Å². The van der Waals surface area contributed by atoms with Crippen LogP contribution in [-0.4, -0.2) is 269 Å². The zero-order valence-corrected chi connectivity index (χ0v) is 48.3. The first-order valence-corrected chi connectivity index (χ1v) is 30.1. The van der Waals surface area contributed by atoms with Gasteiger partial charge in [0, 0.05) is 23.7 Å². The Morgan fingerprint density at radius 1 is 0.571 bits per heavy atom. The van der Waals surface area contributed by atoms with Gasteiger partial charge in [-0.2, -0.15) is 0 Å². The fourth-order valence-electron chi connectivity index (χ4n) is 17.2. The van der Waals surface area contributed by atoms with Gasteiger partial charge < -0.3 is 128 Å². The van der Waals surface area contributed by atoms with Gasteiger partial charge in [-0.3, -0.25) is 4.79 Å². The molecule has 14 N–H and O–H groups in total. The van der Waals surface area contributed by atoms with Crippen LogP contribution in [0.5, 0.6) is 0 Å². The van der Waals surface area contributed by atoms with Gasteiger partial charge >= 0.3 is 5.97 Å². The average molecular weight is 1210 g/mol. The highest BCUT2D eigenvalue weighted by Crippen LogP contribution is 2.72. The molecule has 11 rings (SSSR count). The summed E-state index contributed by atoms with van der Waals surface area (Å²) in [7, 11) is 0. The van der Waals surface area contributed by atoms with Crippen molar-refractivity contribution < 1.29 is 133 Å². The number of allylic oxidation sites excluding steroid dienone is 2. The van der Waals surface area contributed by atoms with E-state index in [1.807, 2.05) is 13.8 Å². The van der Waals surface area contributed by atoms with Gasteiger partial charge in [0.1, 0.15) is 104 Å². The van der Waals surface area contributed by atoms with Crippen molar-refractivity contribution in [3.8, 4) is 0 Å². The molecule has 0 amide bonds. The second-order valence-corrected chi connectivity index (χ2v) is 26.9. The zero-order chi connectivity index (χ0) is 60.5. The van der Waals surface area contributed by atoms with Crippen molar-refractivity contribution in [2.45, 2.75) is 265 Å². The minimum absolute atomic E-state index is 0.0672. The number of carbonyl (C=O) groups is 1. The molecule has 27 heteroatoms. The summed E-state index contributed by atoms with van der Waals surface area (Å²) in [5.74, 6) is -0.899. The van der Waals surface area contributed by atoms with E-state index in [2.05, 4.69) is 20.8 Å². The standard InChI is InChI=1S/C57H90O27/c1-22-15-56(83-47(22)72)16-23(2)57(84-56)14-10-27-25-7-8-32-53(4,26(25)9-13-55(27,57)6)12-11-33(54(32,5)21-59)79-50-43(71)40(68)37(65)31(78-50)20-75-51-45(36(64)29(61)19-74-51)81-52-46(82-49-42(70)39(67)34(62)24(3)76-49)44(38(66)30(17-58)77-52)80-48-41(69)35(63)28(60)18-73-48/h22-24,27-46,48-52,58-71H,7-21H2,1-6H3/t22-,23-,24+,27+,28-,29+,30-,31-,32-,33+,34+,35+,36+,37-,38-,39-,40+,41-,42-,43-,44+,45-,46-,48+,49+,50+,51+,52+,53-,54-,55+,56+,57+/m1/s1. The first-order valence-electron chi connectivity index (χ1n) is 30.1. The number of carbonyl (C=O) groups excluding carboxylic acids is 1. The number of aliphatic hydroxyl groups excluding tert-OH is 14. The number of hydrogen-bond acceptors (Lipinski definition) is 27. The maximum absolute atomic E-state index is 12.7. The number of rotatable bonds is 13. The van der Waals surface area contributed by atoms with E-state index >= 15 is 0 Å². The molecule has 84 heavy (non-hydrogen) atoms. The molecule has 0 aromatic rings. The molecule has 4 aliphatic carbocycles. The zero-order valence-electron chi connectivity index (χ0n) is 48.3. The van der Waals surface area contributed by atoms with Gasteiger partial charge in [0.15, 0.2) is 31.5 Å². The second kappa shape index (κ2) is 23.8. The summed E-state index contributed by atoms with van der Waals surface area (Å²) in [5, 5.41) is 154. The van der Waals surface area contributed by atoms with Gasteiger partial charge in [0.25, 0.3) is 0 Å². The Morgan fingerprint density at radius 2 is 1.20 bits per heavy atom. The molecule has 0 aromatic heterocycles. The topological polar surface area (TPSA) is 411 Å². The Hall–Kier alpha value is -1.79. The Kier molecular flexibility index (Phi) is 18.1. The molecule has 0 unspecified atom stereocenters. The third-order valence-electron chi connectivity index (χ3n) is 22.0. The largest absolute Gasteiger partial charge is 0.433 e. The molecule has 2 saturated carbocycles. The lowest BCUT2D eigenvalue weighted by Crippen LogP contribution is -2.67. The monoisotopic (exact) mass is 1210 g/mol. The van der Waals surface area contributed by atoms with Gasteiger partial charge in [-0.25, -0.2) is 0 Å². The SMILES string of the molecule is C[C@@H]1C[C@]2(C[C@@H](C)[C@]3(CC[C@H]4C5=C(CC[C@@]43C)[C@@]3(C)CC[C@H](O[C@@H]4O[C@H](CO[C@@H]6OC[C@H](O)[C@H](O)[C@H]6O[C@@H]6O[C@H](CO)[C@@H](O)[C@H](O[C@@H]7OC[C@@H](O)[C@H](O)[C@H]7O)[C@H]6O[C@@H]6O[C@@H](C)[C@H](O)[C@@H](O)[C@H]6O)[C@@H](O)[C@H](O)[C@H]4O)[C@](C)(CO)[C@@H]3CC5)O2)OC1=O. The third kappa shape index (κ3) is 10.5.